The van der Waals surface area contributed by atoms with E-state index in [1.807, 2.05) is 13.8 Å². The van der Waals surface area contributed by atoms with Gasteiger partial charge in [0.1, 0.15) is 5.92 Å². The molecule has 3 unspecified atom stereocenters. The van der Waals surface area contributed by atoms with Crippen molar-refractivity contribution in [2.75, 3.05) is 6.54 Å². The zero-order chi connectivity index (χ0) is 26.4. The van der Waals surface area contributed by atoms with Crippen LogP contribution in [0.3, 0.4) is 0 Å². The Morgan fingerprint density at radius 2 is 2.03 bits per heavy atom. The normalized spacial score (nSPS) is 27.1. The number of benzene rings is 1. The third-order valence-corrected chi connectivity index (χ3v) is 8.10. The topological polar surface area (TPSA) is 150 Å². The minimum atomic E-state index is -4.72. The van der Waals surface area contributed by atoms with Gasteiger partial charge in [-0.05, 0) is 37.6 Å². The van der Waals surface area contributed by atoms with Crippen LogP contribution in [-0.4, -0.2) is 52.6 Å². The minimum absolute atomic E-state index is 0. The fraction of sp³-hybridized carbons (Fsp3) is 0.375. The molecule has 2 amide bonds. The Kier molecular flexibility index (Phi) is 8.54. The number of Topliss-reactive ketones (excluding diaryl/α,β-unsaturated/α-hetero) is 1. The smallest absolute Gasteiger partial charge is 0.743 e. The van der Waals surface area contributed by atoms with Gasteiger partial charge in [0, 0.05) is 12.1 Å². The zero-order valence-electron chi connectivity index (χ0n) is 20.8. The van der Waals surface area contributed by atoms with E-state index in [1.165, 1.54) is 6.08 Å². The van der Waals surface area contributed by atoms with Crippen LogP contribution in [-0.2, 0) is 29.4 Å². The van der Waals surface area contributed by atoms with Gasteiger partial charge >= 0.3 is 35.4 Å². The van der Waals surface area contributed by atoms with Crippen molar-refractivity contribution in [1.29, 1.82) is 0 Å². The zero-order valence-corrected chi connectivity index (χ0v) is 23.6. The van der Waals surface area contributed by atoms with Crippen LogP contribution >= 0.6 is 0 Å². The molecule has 1 aromatic carbocycles. The molecule has 0 aromatic heterocycles. The molecule has 192 valence electrons. The summed E-state index contributed by atoms with van der Waals surface area (Å²) in [7, 11) is -4.72. The van der Waals surface area contributed by atoms with Gasteiger partial charge in [-0.25, -0.2) is 23.1 Å². The number of aryl methyl sites for hydroxylation is 1. The minimum Gasteiger partial charge on any atom is -0.743 e. The second-order valence-electron chi connectivity index (χ2n) is 9.01. The molecule has 2 fully saturated rings. The van der Waals surface area contributed by atoms with Crippen LogP contribution in [0.5, 0.6) is 5.75 Å². The third-order valence-electron chi connectivity index (χ3n) is 6.83. The SMILES string of the molecule is C=C(OO)N1C(=O)C(=CC=C2Oc3ccc(C)cc3[N+]23CCC3S(=O)(=O)[O-])C(=O)C(CCCC)C1=O.[Na+]. The van der Waals surface area contributed by atoms with Gasteiger partial charge in [0.15, 0.2) is 32.7 Å². The Balaban J connectivity index is 0.00000380. The summed E-state index contributed by atoms with van der Waals surface area (Å²) in [6.45, 7) is 7.32. The fourth-order valence-corrected chi connectivity index (χ4v) is 6.08. The number of piperidine rings is 1. The van der Waals surface area contributed by atoms with E-state index < -0.39 is 50.5 Å². The van der Waals surface area contributed by atoms with Crippen LogP contribution in [0, 0.1) is 12.8 Å². The quantitative estimate of drug-likeness (QED) is 0.0458. The number of rotatable bonds is 7. The number of hydrogen-bond acceptors (Lipinski definition) is 9. The summed E-state index contributed by atoms with van der Waals surface area (Å²) in [5.74, 6) is -4.04. The van der Waals surface area contributed by atoms with Crippen LogP contribution in [0.4, 0.5) is 5.69 Å². The molecule has 3 aliphatic heterocycles. The molecule has 1 spiro atoms. The average molecular weight is 542 g/mol. The number of nitrogens with zero attached hydrogens (tertiary/aromatic N) is 2. The Hall–Kier alpha value is -2.32. The standard InChI is InChI=1S/C24H26N2O9S.Na/c1-4-5-6-16-22(27)17(24(29)25(23(16)28)15(3)35-30)8-10-20-26(12-11-21(26)36(31,32)33)18-13-14(2)7-9-19(18)34-20;/h7-10,13,16,21H,3-6,11-12H2,1-2H3,(H-,30,31,32,33);/q;+1. The number of amides is 2. The Morgan fingerprint density at radius 3 is 2.59 bits per heavy atom. The average Bonchev–Trinajstić information content (AvgIpc) is 3.11. The van der Waals surface area contributed by atoms with Crippen molar-refractivity contribution >= 4 is 33.4 Å². The second-order valence-corrected chi connectivity index (χ2v) is 10.5. The van der Waals surface area contributed by atoms with Crippen LogP contribution in [0.2, 0.25) is 0 Å². The van der Waals surface area contributed by atoms with Crippen LogP contribution in [0.25, 0.3) is 0 Å². The molecule has 11 nitrogen and oxygen atoms in total. The molecule has 0 bridgehead atoms. The van der Waals surface area contributed by atoms with Crippen LogP contribution in [0.15, 0.2) is 54.3 Å². The number of likely N-dealkylation sites (tertiary alicyclic amines) is 1. The number of imide groups is 1. The van der Waals surface area contributed by atoms with E-state index >= 15 is 0 Å². The van der Waals surface area contributed by atoms with Gasteiger partial charge in [0.2, 0.25) is 11.8 Å². The number of hydrogen-bond donors (Lipinski definition) is 1. The molecule has 37 heavy (non-hydrogen) atoms. The third kappa shape index (κ3) is 4.83. The van der Waals surface area contributed by atoms with E-state index in [4.69, 9.17) is 9.99 Å². The Labute approximate surface area is 236 Å². The van der Waals surface area contributed by atoms with Crippen molar-refractivity contribution in [3.8, 4) is 5.75 Å². The van der Waals surface area contributed by atoms with Crippen molar-refractivity contribution in [2.24, 2.45) is 5.92 Å². The van der Waals surface area contributed by atoms with E-state index in [1.54, 1.807) is 18.2 Å². The predicted octanol–water partition coefficient (Wildman–Crippen LogP) is -0.553. The van der Waals surface area contributed by atoms with Crippen molar-refractivity contribution < 1.29 is 71.8 Å². The molecule has 3 heterocycles. The summed E-state index contributed by atoms with van der Waals surface area (Å²) in [6, 6.07) is 5.17. The van der Waals surface area contributed by atoms with Crippen molar-refractivity contribution in [2.45, 2.75) is 44.9 Å². The second kappa shape index (κ2) is 10.8. The first-order valence-corrected chi connectivity index (χ1v) is 12.9. The monoisotopic (exact) mass is 541 g/mol. The van der Waals surface area contributed by atoms with Crippen molar-refractivity contribution in [3.63, 3.8) is 0 Å². The van der Waals surface area contributed by atoms with E-state index in [0.717, 1.165) is 11.6 Å². The van der Waals surface area contributed by atoms with E-state index in [0.29, 0.717) is 29.2 Å². The van der Waals surface area contributed by atoms with Crippen LogP contribution < -0.4 is 38.8 Å². The van der Waals surface area contributed by atoms with Gasteiger partial charge in [0.05, 0.1) is 18.5 Å². The molecular formula is C24H26N2NaO9S+. The van der Waals surface area contributed by atoms with E-state index in [2.05, 4.69) is 11.5 Å². The van der Waals surface area contributed by atoms with Crippen LogP contribution in [0.1, 0.15) is 38.2 Å². The first-order chi connectivity index (χ1) is 17.0. The summed E-state index contributed by atoms with van der Waals surface area (Å²) < 4.78 is 41.8. The van der Waals surface area contributed by atoms with Gasteiger partial charge in [-0.3, -0.25) is 14.4 Å². The maximum atomic E-state index is 13.2. The first kappa shape index (κ1) is 29.2. The summed E-state index contributed by atoms with van der Waals surface area (Å²) in [6.07, 6.45) is 3.94. The van der Waals surface area contributed by atoms with E-state index in [-0.39, 0.29) is 59.3 Å². The number of unbranched alkanes of at least 4 members (excludes halogenated alkanes) is 1. The predicted molar refractivity (Wildman–Crippen MR) is 125 cm³/mol. The number of carbonyl (C=O) groups excluding carboxylic acids is 3. The molecule has 4 rings (SSSR count). The summed E-state index contributed by atoms with van der Waals surface area (Å²) in [5.41, 5.74) is 0.935. The summed E-state index contributed by atoms with van der Waals surface area (Å²) in [4.78, 5) is 43.5. The summed E-state index contributed by atoms with van der Waals surface area (Å²) in [5, 5.41) is 7.67. The molecule has 0 saturated carbocycles. The van der Waals surface area contributed by atoms with E-state index in [9.17, 15) is 27.4 Å². The molecular weight excluding hydrogens is 515 g/mol. The molecule has 1 aromatic rings. The van der Waals surface area contributed by atoms with Gasteiger partial charge in [0.25, 0.3) is 5.91 Å². The van der Waals surface area contributed by atoms with Gasteiger partial charge in [-0.15, -0.1) is 0 Å². The number of quaternary nitrogens is 1. The maximum absolute atomic E-state index is 13.2. The molecule has 0 aliphatic carbocycles. The van der Waals surface area contributed by atoms with Gasteiger partial charge in [-0.1, -0.05) is 25.8 Å². The molecule has 3 aliphatic rings. The summed E-state index contributed by atoms with van der Waals surface area (Å²) >= 11 is 0. The largest absolute Gasteiger partial charge is 1.00 e. The fourth-order valence-electron chi connectivity index (χ4n) is 4.92. The number of allylic oxidation sites excluding steroid dienone is 2. The number of ketones is 1. The molecule has 1 N–H and O–H groups in total. The Bertz CT molecular complexity index is 1340. The first-order valence-electron chi connectivity index (χ1n) is 11.4. The number of ether oxygens (including phenoxy) is 1. The Morgan fingerprint density at radius 1 is 1.32 bits per heavy atom. The van der Waals surface area contributed by atoms with Crippen molar-refractivity contribution in [1.82, 2.24) is 9.38 Å². The van der Waals surface area contributed by atoms with Crippen molar-refractivity contribution in [3.05, 3.63) is 59.8 Å². The molecule has 2 saturated heterocycles. The molecule has 13 heteroatoms. The molecule has 3 atom stereocenters. The van der Waals surface area contributed by atoms with Gasteiger partial charge < -0.3 is 14.2 Å². The maximum Gasteiger partial charge on any atom is 1.00 e. The van der Waals surface area contributed by atoms with Gasteiger partial charge in [-0.2, -0.15) is 0 Å². The number of fused-ring (bicyclic) bond motifs is 2. The number of carbonyl (C=O) groups is 3. The molecule has 0 radical (unpaired) electrons.